The van der Waals surface area contributed by atoms with Crippen molar-refractivity contribution >= 4 is 34.0 Å². The molecule has 1 unspecified atom stereocenters. The van der Waals surface area contributed by atoms with Gasteiger partial charge in [0, 0.05) is 10.4 Å². The van der Waals surface area contributed by atoms with Crippen LogP contribution in [0.3, 0.4) is 0 Å². The van der Waals surface area contributed by atoms with Gasteiger partial charge in [-0.2, -0.15) is 0 Å². The first-order chi connectivity index (χ1) is 14.6. The first kappa shape index (κ1) is 18.6. The molecule has 5 rings (SSSR count). The van der Waals surface area contributed by atoms with E-state index in [9.17, 15) is 14.0 Å². The van der Waals surface area contributed by atoms with E-state index in [-0.39, 0.29) is 24.3 Å². The predicted octanol–water partition coefficient (Wildman–Crippen LogP) is 3.93. The van der Waals surface area contributed by atoms with Gasteiger partial charge in [0.05, 0.1) is 17.3 Å². The molecule has 30 heavy (non-hydrogen) atoms. The highest BCUT2D eigenvalue weighted by Crippen LogP contribution is 2.39. The molecule has 0 spiro atoms. The fourth-order valence-electron chi connectivity index (χ4n) is 3.53. The summed E-state index contributed by atoms with van der Waals surface area (Å²) in [7, 11) is 0. The predicted molar refractivity (Wildman–Crippen MR) is 109 cm³/mol. The third-order valence-electron chi connectivity index (χ3n) is 5.02. The van der Waals surface area contributed by atoms with Crippen molar-refractivity contribution in [3.63, 3.8) is 0 Å². The van der Waals surface area contributed by atoms with Crippen molar-refractivity contribution < 1.29 is 23.5 Å². The standard InChI is InChI=1S/C21H16FN3O4S/c22-13-3-1-2-4-14(13)23-20(27)12-6-8-17-18(12)24-21(30-17)25-19(26)11-5-7-15-16(9-11)29-10-28-15/h1-5,7,9,12H,6,8,10H2,(H,23,27)(H,24,25,26). The number of aryl methyl sites for hydroxylation is 1. The van der Waals surface area contributed by atoms with Gasteiger partial charge in [-0.15, -0.1) is 11.3 Å². The molecular weight excluding hydrogens is 409 g/mol. The number of carbonyl (C=O) groups excluding carboxylic acids is 2. The van der Waals surface area contributed by atoms with Crippen LogP contribution in [-0.2, 0) is 11.2 Å². The number of rotatable bonds is 4. The Hall–Kier alpha value is -3.46. The lowest BCUT2D eigenvalue weighted by Crippen LogP contribution is -2.20. The number of hydrogen-bond acceptors (Lipinski definition) is 6. The van der Waals surface area contributed by atoms with Gasteiger partial charge in [-0.3, -0.25) is 14.9 Å². The van der Waals surface area contributed by atoms with Crippen LogP contribution in [0.2, 0.25) is 0 Å². The summed E-state index contributed by atoms with van der Waals surface area (Å²) in [5.41, 5.74) is 1.20. The minimum atomic E-state index is -0.487. The van der Waals surface area contributed by atoms with E-state index in [2.05, 4.69) is 15.6 Å². The van der Waals surface area contributed by atoms with Crippen LogP contribution in [0.25, 0.3) is 0 Å². The van der Waals surface area contributed by atoms with Gasteiger partial charge in [-0.1, -0.05) is 12.1 Å². The van der Waals surface area contributed by atoms with E-state index >= 15 is 0 Å². The molecule has 1 aliphatic carbocycles. The second kappa shape index (κ2) is 7.42. The van der Waals surface area contributed by atoms with E-state index in [1.54, 1.807) is 30.3 Å². The maximum absolute atomic E-state index is 13.8. The molecular formula is C21H16FN3O4S. The van der Waals surface area contributed by atoms with Crippen LogP contribution in [-0.4, -0.2) is 23.6 Å². The van der Waals surface area contributed by atoms with Crippen molar-refractivity contribution in [2.45, 2.75) is 18.8 Å². The Kier molecular flexibility index (Phi) is 4.59. The Bertz CT molecular complexity index is 1160. The lowest BCUT2D eigenvalue weighted by Gasteiger charge is -2.11. The monoisotopic (exact) mass is 425 g/mol. The van der Waals surface area contributed by atoms with Crippen LogP contribution in [0, 0.1) is 5.82 Å². The van der Waals surface area contributed by atoms with Gasteiger partial charge >= 0.3 is 0 Å². The van der Waals surface area contributed by atoms with E-state index in [0.717, 1.165) is 4.88 Å². The fourth-order valence-corrected chi connectivity index (χ4v) is 4.56. The average molecular weight is 425 g/mol. The van der Waals surface area contributed by atoms with E-state index < -0.39 is 11.7 Å². The summed E-state index contributed by atoms with van der Waals surface area (Å²) < 4.78 is 24.4. The van der Waals surface area contributed by atoms with Crippen LogP contribution >= 0.6 is 11.3 Å². The first-order valence-electron chi connectivity index (χ1n) is 9.34. The van der Waals surface area contributed by atoms with Gasteiger partial charge in [0.2, 0.25) is 12.7 Å². The second-order valence-corrected chi connectivity index (χ2v) is 7.99. The number of hydrogen-bond donors (Lipinski definition) is 2. The molecule has 1 aliphatic heterocycles. The highest BCUT2D eigenvalue weighted by atomic mass is 32.1. The minimum absolute atomic E-state index is 0.135. The molecule has 7 nitrogen and oxygen atoms in total. The molecule has 152 valence electrons. The van der Waals surface area contributed by atoms with E-state index in [1.165, 1.54) is 23.5 Å². The number of nitrogens with zero attached hydrogens (tertiary/aromatic N) is 1. The smallest absolute Gasteiger partial charge is 0.257 e. The van der Waals surface area contributed by atoms with E-state index in [0.29, 0.717) is 40.7 Å². The number of benzene rings is 2. The van der Waals surface area contributed by atoms with Crippen LogP contribution in [0.4, 0.5) is 15.2 Å². The molecule has 2 N–H and O–H groups in total. The molecule has 0 saturated heterocycles. The van der Waals surface area contributed by atoms with Crippen LogP contribution in [0.5, 0.6) is 11.5 Å². The van der Waals surface area contributed by atoms with Gasteiger partial charge in [-0.05, 0) is 43.2 Å². The van der Waals surface area contributed by atoms with Crippen molar-refractivity contribution in [1.82, 2.24) is 4.98 Å². The lowest BCUT2D eigenvalue weighted by atomic mass is 10.1. The summed E-state index contributed by atoms with van der Waals surface area (Å²) in [6.45, 7) is 0.135. The molecule has 0 saturated carbocycles. The van der Waals surface area contributed by atoms with Crippen molar-refractivity contribution in [2.75, 3.05) is 17.4 Å². The van der Waals surface area contributed by atoms with Gasteiger partial charge in [0.1, 0.15) is 5.82 Å². The van der Waals surface area contributed by atoms with Crippen molar-refractivity contribution in [3.05, 3.63) is 64.4 Å². The first-order valence-corrected chi connectivity index (χ1v) is 10.2. The molecule has 0 radical (unpaired) electrons. The molecule has 2 aliphatic rings. The summed E-state index contributed by atoms with van der Waals surface area (Å²) in [4.78, 5) is 30.7. The maximum Gasteiger partial charge on any atom is 0.257 e. The highest BCUT2D eigenvalue weighted by molar-refractivity contribution is 7.16. The SMILES string of the molecule is O=C(Nc1nc2c(s1)CCC2C(=O)Nc1ccccc1F)c1ccc2c(c1)OCO2. The van der Waals surface area contributed by atoms with Crippen LogP contribution < -0.4 is 20.1 Å². The highest BCUT2D eigenvalue weighted by Gasteiger charge is 2.33. The van der Waals surface area contributed by atoms with Crippen molar-refractivity contribution in [3.8, 4) is 11.5 Å². The van der Waals surface area contributed by atoms with E-state index in [1.807, 2.05) is 0 Å². The zero-order valence-corrected chi connectivity index (χ0v) is 16.4. The molecule has 2 heterocycles. The Morgan fingerprint density at radius 2 is 1.93 bits per heavy atom. The van der Waals surface area contributed by atoms with Gasteiger partial charge < -0.3 is 14.8 Å². The Morgan fingerprint density at radius 1 is 1.10 bits per heavy atom. The van der Waals surface area contributed by atoms with Gasteiger partial charge in [0.15, 0.2) is 16.6 Å². The number of fused-ring (bicyclic) bond motifs is 2. The zero-order valence-electron chi connectivity index (χ0n) is 15.6. The third kappa shape index (κ3) is 3.37. The number of thiazole rings is 1. The molecule has 2 aromatic carbocycles. The Morgan fingerprint density at radius 3 is 2.80 bits per heavy atom. The summed E-state index contributed by atoms with van der Waals surface area (Å²) in [5, 5.41) is 5.83. The van der Waals surface area contributed by atoms with Gasteiger partial charge in [0.25, 0.3) is 5.91 Å². The number of para-hydroxylation sites is 1. The number of halogens is 1. The van der Waals surface area contributed by atoms with Crippen molar-refractivity contribution in [1.29, 1.82) is 0 Å². The lowest BCUT2D eigenvalue weighted by molar-refractivity contribution is -0.117. The number of nitrogens with one attached hydrogen (secondary N) is 2. The van der Waals surface area contributed by atoms with E-state index in [4.69, 9.17) is 9.47 Å². The summed E-state index contributed by atoms with van der Waals surface area (Å²) >= 11 is 1.35. The molecule has 3 aromatic rings. The molecule has 9 heteroatoms. The fraction of sp³-hybridized carbons (Fsp3) is 0.190. The second-order valence-electron chi connectivity index (χ2n) is 6.91. The summed E-state index contributed by atoms with van der Waals surface area (Å²) in [6, 6.07) is 11.0. The number of anilines is 2. The minimum Gasteiger partial charge on any atom is -0.454 e. The number of aromatic nitrogens is 1. The summed E-state index contributed by atoms with van der Waals surface area (Å²) in [6.07, 6.45) is 1.28. The molecule has 1 atom stereocenters. The van der Waals surface area contributed by atoms with Gasteiger partial charge in [-0.25, -0.2) is 9.37 Å². The number of carbonyl (C=O) groups is 2. The number of ether oxygens (including phenoxy) is 2. The largest absolute Gasteiger partial charge is 0.454 e. The van der Waals surface area contributed by atoms with Crippen molar-refractivity contribution in [2.24, 2.45) is 0 Å². The molecule has 1 aromatic heterocycles. The summed E-state index contributed by atoms with van der Waals surface area (Å²) in [5.74, 6) is -0.477. The van der Waals surface area contributed by atoms with Crippen LogP contribution in [0.1, 0.15) is 33.3 Å². The topological polar surface area (TPSA) is 89.6 Å². The third-order valence-corrected chi connectivity index (χ3v) is 6.07. The molecule has 0 bridgehead atoms. The van der Waals surface area contributed by atoms with Crippen LogP contribution in [0.15, 0.2) is 42.5 Å². The molecule has 0 fully saturated rings. The normalized spacial score (nSPS) is 16.2. The number of amides is 2. The maximum atomic E-state index is 13.8. The Balaban J connectivity index is 1.30. The molecule has 2 amide bonds. The Labute approximate surface area is 174 Å². The average Bonchev–Trinajstić information content (AvgIpc) is 3.44. The zero-order chi connectivity index (χ0) is 20.7. The quantitative estimate of drug-likeness (QED) is 0.661.